The van der Waals surface area contributed by atoms with Crippen LogP contribution in [-0.4, -0.2) is 23.1 Å². The lowest BCUT2D eigenvalue weighted by Gasteiger charge is -2.23. The summed E-state index contributed by atoms with van der Waals surface area (Å²) >= 11 is 0. The van der Waals surface area contributed by atoms with Crippen LogP contribution >= 0.6 is 0 Å². The average Bonchev–Trinajstić information content (AvgIpc) is 2.97. The van der Waals surface area contributed by atoms with Crippen molar-refractivity contribution in [1.29, 1.82) is 0 Å². The zero-order valence-electron chi connectivity index (χ0n) is 12.1. The summed E-state index contributed by atoms with van der Waals surface area (Å²) in [6, 6.07) is 8.23. The van der Waals surface area contributed by atoms with Crippen molar-refractivity contribution in [3.8, 4) is 5.88 Å². The number of nitrogens with two attached hydrogens (primary N) is 1. The molecule has 3 N–H and O–H groups in total. The maximum Gasteiger partial charge on any atom is 0.212 e. The molecule has 110 valence electrons. The fourth-order valence-corrected chi connectivity index (χ4v) is 3.06. The topological polar surface area (TPSA) is 73.1 Å². The molecule has 0 saturated heterocycles. The van der Waals surface area contributed by atoms with E-state index in [1.165, 1.54) is 11.3 Å². The first-order valence-electron chi connectivity index (χ1n) is 7.20. The van der Waals surface area contributed by atoms with Crippen LogP contribution in [0.4, 0.5) is 0 Å². The second-order valence-electron chi connectivity index (χ2n) is 5.38. The van der Waals surface area contributed by atoms with Gasteiger partial charge in [0, 0.05) is 36.1 Å². The highest BCUT2D eigenvalue weighted by Gasteiger charge is 2.30. The molecule has 5 nitrogen and oxygen atoms in total. The van der Waals surface area contributed by atoms with Crippen LogP contribution in [0.1, 0.15) is 29.2 Å². The van der Waals surface area contributed by atoms with Crippen LogP contribution in [0, 0.1) is 0 Å². The van der Waals surface area contributed by atoms with E-state index in [-0.39, 0.29) is 6.04 Å². The third-order valence-electron chi connectivity index (χ3n) is 4.16. The van der Waals surface area contributed by atoms with Crippen molar-refractivity contribution in [2.75, 3.05) is 7.11 Å². The van der Waals surface area contributed by atoms with E-state index in [9.17, 15) is 0 Å². The summed E-state index contributed by atoms with van der Waals surface area (Å²) < 4.78 is 5.09. The molecule has 2 heterocycles. The van der Waals surface area contributed by atoms with E-state index < -0.39 is 0 Å². The van der Waals surface area contributed by atoms with Crippen molar-refractivity contribution in [2.45, 2.75) is 31.2 Å². The molecule has 2 aromatic heterocycles. The Morgan fingerprint density at radius 1 is 1.38 bits per heavy atom. The van der Waals surface area contributed by atoms with Gasteiger partial charge in [0.2, 0.25) is 5.88 Å². The third-order valence-corrected chi connectivity index (χ3v) is 4.16. The number of aromatic nitrogens is 2. The third kappa shape index (κ3) is 2.89. The number of hydrogen-bond donors (Lipinski definition) is 2. The number of methoxy groups -OCH3 is 1. The first-order chi connectivity index (χ1) is 10.3. The molecule has 0 saturated carbocycles. The Morgan fingerprint density at radius 2 is 2.29 bits per heavy atom. The van der Waals surface area contributed by atoms with E-state index in [1.807, 2.05) is 30.6 Å². The molecule has 0 aliphatic heterocycles. The summed E-state index contributed by atoms with van der Waals surface area (Å²) in [6.07, 6.45) is 6.70. The summed E-state index contributed by atoms with van der Waals surface area (Å²) in [6.45, 7) is 0. The molecule has 2 aromatic rings. The van der Waals surface area contributed by atoms with Gasteiger partial charge in [0.1, 0.15) is 0 Å². The summed E-state index contributed by atoms with van der Waals surface area (Å²) in [4.78, 5) is 8.80. The van der Waals surface area contributed by atoms with E-state index in [4.69, 9.17) is 10.6 Å². The highest BCUT2D eigenvalue weighted by atomic mass is 16.5. The Kier molecular flexibility index (Phi) is 4.13. The number of hydrogen-bond acceptors (Lipinski definition) is 5. The predicted molar refractivity (Wildman–Crippen MR) is 80.9 cm³/mol. The standard InChI is InChI=1S/C16H20N4O/c1-21-15-7-4-11(10-19-15)9-14(20-17)13-6-5-12-3-2-8-18-16(12)13/h2-4,7-8,10,13-14,20H,5-6,9,17H2,1H3. The second-order valence-corrected chi connectivity index (χ2v) is 5.38. The SMILES string of the molecule is COc1ccc(CC(NN)C2CCc3cccnc32)cn1. The van der Waals surface area contributed by atoms with Gasteiger partial charge in [-0.3, -0.25) is 16.3 Å². The van der Waals surface area contributed by atoms with E-state index in [0.29, 0.717) is 11.8 Å². The maximum absolute atomic E-state index is 5.79. The lowest BCUT2D eigenvalue weighted by atomic mass is 9.92. The number of aryl methyl sites for hydroxylation is 1. The van der Waals surface area contributed by atoms with Gasteiger partial charge in [-0.1, -0.05) is 12.1 Å². The summed E-state index contributed by atoms with van der Waals surface area (Å²) in [5.41, 5.74) is 6.63. The minimum absolute atomic E-state index is 0.163. The lowest BCUT2D eigenvalue weighted by Crippen LogP contribution is -2.41. The second kappa shape index (κ2) is 6.20. The van der Waals surface area contributed by atoms with Gasteiger partial charge in [0.05, 0.1) is 7.11 Å². The first-order valence-corrected chi connectivity index (χ1v) is 7.20. The Labute approximate surface area is 124 Å². The number of rotatable bonds is 5. The van der Waals surface area contributed by atoms with Crippen LogP contribution in [0.3, 0.4) is 0 Å². The predicted octanol–water partition coefficient (Wildman–Crippen LogP) is 1.59. The number of fused-ring (bicyclic) bond motifs is 1. The molecule has 0 fully saturated rings. The first kappa shape index (κ1) is 14.0. The van der Waals surface area contributed by atoms with Crippen molar-refractivity contribution >= 4 is 0 Å². The van der Waals surface area contributed by atoms with E-state index >= 15 is 0 Å². The van der Waals surface area contributed by atoms with Gasteiger partial charge in [0.25, 0.3) is 0 Å². The van der Waals surface area contributed by atoms with Gasteiger partial charge < -0.3 is 4.74 Å². The van der Waals surface area contributed by atoms with Crippen molar-refractivity contribution in [3.05, 3.63) is 53.5 Å². The van der Waals surface area contributed by atoms with Gasteiger partial charge in [-0.15, -0.1) is 0 Å². The van der Waals surface area contributed by atoms with Crippen molar-refractivity contribution in [1.82, 2.24) is 15.4 Å². The Morgan fingerprint density at radius 3 is 3.00 bits per heavy atom. The number of nitrogens with one attached hydrogen (secondary N) is 1. The molecule has 21 heavy (non-hydrogen) atoms. The smallest absolute Gasteiger partial charge is 0.212 e. The zero-order valence-corrected chi connectivity index (χ0v) is 12.1. The van der Waals surface area contributed by atoms with Gasteiger partial charge in [-0.25, -0.2) is 4.98 Å². The highest BCUT2D eigenvalue weighted by molar-refractivity contribution is 5.31. The molecule has 5 heteroatoms. The molecule has 1 aliphatic rings. The largest absolute Gasteiger partial charge is 0.481 e. The normalized spacial score (nSPS) is 18.3. The Bertz CT molecular complexity index is 599. The van der Waals surface area contributed by atoms with E-state index in [2.05, 4.69) is 21.5 Å². The fourth-order valence-electron chi connectivity index (χ4n) is 3.06. The molecule has 2 unspecified atom stereocenters. The fraction of sp³-hybridized carbons (Fsp3) is 0.375. The van der Waals surface area contributed by atoms with E-state index in [1.54, 1.807) is 7.11 Å². The molecule has 0 spiro atoms. The Hall–Kier alpha value is -1.98. The molecule has 0 bridgehead atoms. The van der Waals surface area contributed by atoms with Crippen LogP contribution in [-0.2, 0) is 12.8 Å². The number of hydrazine groups is 1. The van der Waals surface area contributed by atoms with Gasteiger partial charge in [-0.2, -0.15) is 0 Å². The molecule has 1 aliphatic carbocycles. The van der Waals surface area contributed by atoms with Gasteiger partial charge in [0.15, 0.2) is 0 Å². The molecule has 2 atom stereocenters. The van der Waals surface area contributed by atoms with Crippen molar-refractivity contribution in [2.24, 2.45) is 5.84 Å². The lowest BCUT2D eigenvalue weighted by molar-refractivity contribution is 0.396. The van der Waals surface area contributed by atoms with Crippen LogP contribution in [0.5, 0.6) is 5.88 Å². The monoisotopic (exact) mass is 284 g/mol. The number of pyridine rings is 2. The molecule has 3 rings (SSSR count). The average molecular weight is 284 g/mol. The minimum Gasteiger partial charge on any atom is -0.481 e. The minimum atomic E-state index is 0.163. The molecule has 0 radical (unpaired) electrons. The Balaban J connectivity index is 1.76. The van der Waals surface area contributed by atoms with Crippen molar-refractivity contribution < 1.29 is 4.74 Å². The van der Waals surface area contributed by atoms with Crippen LogP contribution in [0.25, 0.3) is 0 Å². The highest BCUT2D eigenvalue weighted by Crippen LogP contribution is 2.34. The number of nitrogens with zero attached hydrogens (tertiary/aromatic N) is 2. The summed E-state index contributed by atoms with van der Waals surface area (Å²) in [7, 11) is 1.62. The maximum atomic E-state index is 5.79. The molecular weight excluding hydrogens is 264 g/mol. The van der Waals surface area contributed by atoms with Gasteiger partial charge in [-0.05, 0) is 36.5 Å². The van der Waals surface area contributed by atoms with Crippen LogP contribution in [0.2, 0.25) is 0 Å². The quantitative estimate of drug-likeness (QED) is 0.644. The molecule has 0 aromatic carbocycles. The molecule has 0 amide bonds. The van der Waals surface area contributed by atoms with Crippen LogP contribution in [0.15, 0.2) is 36.7 Å². The van der Waals surface area contributed by atoms with E-state index in [0.717, 1.165) is 24.8 Å². The summed E-state index contributed by atoms with van der Waals surface area (Å²) in [5.74, 6) is 6.77. The summed E-state index contributed by atoms with van der Waals surface area (Å²) in [5, 5.41) is 0. The van der Waals surface area contributed by atoms with Gasteiger partial charge >= 0.3 is 0 Å². The van der Waals surface area contributed by atoms with Crippen LogP contribution < -0.4 is 16.0 Å². The molecular formula is C16H20N4O. The zero-order chi connectivity index (χ0) is 14.7. The number of ether oxygens (including phenoxy) is 1. The van der Waals surface area contributed by atoms with Crippen molar-refractivity contribution in [3.63, 3.8) is 0 Å².